The van der Waals surface area contributed by atoms with Crippen LogP contribution < -0.4 is 14.8 Å². The van der Waals surface area contributed by atoms with Crippen LogP contribution in [0.25, 0.3) is 0 Å². The third-order valence-corrected chi connectivity index (χ3v) is 4.17. The first-order valence-electron chi connectivity index (χ1n) is 8.41. The van der Waals surface area contributed by atoms with Crippen LogP contribution in [0.1, 0.15) is 27.0 Å². The lowest BCUT2D eigenvalue weighted by molar-refractivity contribution is -0.129. The van der Waals surface area contributed by atoms with Crippen LogP contribution in [0.2, 0.25) is 0 Å². The molecule has 0 fully saturated rings. The number of benzene rings is 2. The summed E-state index contributed by atoms with van der Waals surface area (Å²) in [5.41, 5.74) is 3.53. The van der Waals surface area contributed by atoms with E-state index in [1.807, 2.05) is 50.2 Å². The fourth-order valence-electron chi connectivity index (χ4n) is 2.90. The molecular formula is C20H22N2O4. The second-order valence-electron chi connectivity index (χ2n) is 6.50. The fraction of sp³-hybridized carbons (Fsp3) is 0.300. The normalized spacial score (nSPS) is 12.0. The molecule has 0 spiro atoms. The van der Waals surface area contributed by atoms with Gasteiger partial charge in [0, 0.05) is 19.2 Å². The summed E-state index contributed by atoms with van der Waals surface area (Å²) in [4.78, 5) is 26.1. The molecular weight excluding hydrogens is 332 g/mol. The molecule has 6 heteroatoms. The molecule has 0 aliphatic carbocycles. The Morgan fingerprint density at radius 3 is 2.46 bits per heavy atom. The lowest BCUT2D eigenvalue weighted by Gasteiger charge is -2.18. The van der Waals surface area contributed by atoms with Crippen LogP contribution >= 0.6 is 0 Å². The summed E-state index contributed by atoms with van der Waals surface area (Å²) in [5.74, 6) is 0.983. The smallest absolute Gasteiger partial charge is 0.251 e. The third kappa shape index (κ3) is 4.14. The topological polar surface area (TPSA) is 67.9 Å². The van der Waals surface area contributed by atoms with Crippen molar-refractivity contribution in [2.24, 2.45) is 0 Å². The maximum absolute atomic E-state index is 12.3. The summed E-state index contributed by atoms with van der Waals surface area (Å²) < 4.78 is 10.6. The molecule has 0 atom stereocenters. The zero-order valence-corrected chi connectivity index (χ0v) is 15.2. The van der Waals surface area contributed by atoms with Crippen molar-refractivity contribution in [2.75, 3.05) is 20.4 Å². The number of fused-ring (bicyclic) bond motifs is 1. The van der Waals surface area contributed by atoms with Crippen LogP contribution in [-0.4, -0.2) is 37.1 Å². The Morgan fingerprint density at radius 1 is 1.04 bits per heavy atom. The van der Waals surface area contributed by atoms with Gasteiger partial charge in [-0.3, -0.25) is 9.59 Å². The van der Waals surface area contributed by atoms with Crippen molar-refractivity contribution in [1.29, 1.82) is 0 Å². The number of hydrogen-bond acceptors (Lipinski definition) is 4. The van der Waals surface area contributed by atoms with Crippen LogP contribution in [-0.2, 0) is 11.3 Å². The Kier molecular flexibility index (Phi) is 5.11. The highest BCUT2D eigenvalue weighted by atomic mass is 16.7. The molecule has 1 heterocycles. The number of nitrogens with zero attached hydrogens (tertiary/aromatic N) is 1. The lowest BCUT2D eigenvalue weighted by Crippen LogP contribution is -2.37. The van der Waals surface area contributed by atoms with E-state index in [1.165, 1.54) is 0 Å². The quantitative estimate of drug-likeness (QED) is 0.895. The number of ether oxygens (including phenoxy) is 2. The summed E-state index contributed by atoms with van der Waals surface area (Å²) in [6, 6.07) is 11.2. The number of nitrogens with one attached hydrogen (secondary N) is 1. The SMILES string of the molecule is Cc1cc(C)cc(C(=O)NCC(=O)N(C)Cc2ccc3c(c2)OCO3)c1. The number of likely N-dealkylation sites (N-methyl/N-ethyl adjacent to an activating group) is 1. The van der Waals surface area contributed by atoms with E-state index in [2.05, 4.69) is 5.32 Å². The van der Waals surface area contributed by atoms with E-state index < -0.39 is 0 Å². The van der Waals surface area contributed by atoms with Crippen LogP contribution in [0, 0.1) is 13.8 Å². The highest BCUT2D eigenvalue weighted by Gasteiger charge is 2.16. The van der Waals surface area contributed by atoms with Gasteiger partial charge in [-0.05, 0) is 43.7 Å². The average Bonchev–Trinajstić information content (AvgIpc) is 3.06. The first-order chi connectivity index (χ1) is 12.4. The lowest BCUT2D eigenvalue weighted by atomic mass is 10.1. The van der Waals surface area contributed by atoms with Crippen molar-refractivity contribution in [1.82, 2.24) is 10.2 Å². The standard InChI is InChI=1S/C20H22N2O4/c1-13-6-14(2)8-16(7-13)20(24)21-10-19(23)22(3)11-15-4-5-17-18(9-15)26-12-25-17/h4-9H,10-12H2,1-3H3,(H,21,24). The van der Waals surface area contributed by atoms with Gasteiger partial charge in [0.2, 0.25) is 12.7 Å². The molecule has 0 unspecified atom stereocenters. The van der Waals surface area contributed by atoms with E-state index >= 15 is 0 Å². The van der Waals surface area contributed by atoms with Gasteiger partial charge in [-0.1, -0.05) is 23.3 Å². The molecule has 0 bridgehead atoms. The monoisotopic (exact) mass is 354 g/mol. The van der Waals surface area contributed by atoms with Crippen molar-refractivity contribution in [3.63, 3.8) is 0 Å². The van der Waals surface area contributed by atoms with Crippen molar-refractivity contribution in [3.8, 4) is 11.5 Å². The van der Waals surface area contributed by atoms with E-state index in [0.717, 1.165) is 16.7 Å². The first kappa shape index (κ1) is 17.8. The van der Waals surface area contributed by atoms with Crippen molar-refractivity contribution >= 4 is 11.8 Å². The molecule has 26 heavy (non-hydrogen) atoms. The van der Waals surface area contributed by atoms with E-state index in [4.69, 9.17) is 9.47 Å². The molecule has 6 nitrogen and oxygen atoms in total. The second-order valence-corrected chi connectivity index (χ2v) is 6.50. The van der Waals surface area contributed by atoms with Gasteiger partial charge < -0.3 is 19.7 Å². The molecule has 2 aromatic rings. The highest BCUT2D eigenvalue weighted by molar-refractivity contribution is 5.96. The molecule has 1 aliphatic rings. The number of amides is 2. The predicted octanol–water partition coefficient (Wildman–Crippen LogP) is 2.42. The molecule has 0 aromatic heterocycles. The predicted molar refractivity (Wildman–Crippen MR) is 97.3 cm³/mol. The largest absolute Gasteiger partial charge is 0.454 e. The highest BCUT2D eigenvalue weighted by Crippen LogP contribution is 2.32. The molecule has 1 aliphatic heterocycles. The maximum atomic E-state index is 12.3. The van der Waals surface area contributed by atoms with E-state index in [-0.39, 0.29) is 25.2 Å². The minimum Gasteiger partial charge on any atom is -0.454 e. The first-order valence-corrected chi connectivity index (χ1v) is 8.41. The van der Waals surface area contributed by atoms with E-state index in [0.29, 0.717) is 23.6 Å². The maximum Gasteiger partial charge on any atom is 0.251 e. The summed E-state index contributed by atoms with van der Waals surface area (Å²) in [6.07, 6.45) is 0. The number of carbonyl (C=O) groups excluding carboxylic acids is 2. The number of aryl methyl sites for hydroxylation is 2. The Balaban J connectivity index is 1.55. The third-order valence-electron chi connectivity index (χ3n) is 4.17. The van der Waals surface area contributed by atoms with Gasteiger partial charge in [-0.25, -0.2) is 0 Å². The molecule has 2 aromatic carbocycles. The van der Waals surface area contributed by atoms with Gasteiger partial charge in [0.05, 0.1) is 6.54 Å². The Morgan fingerprint density at radius 2 is 1.73 bits per heavy atom. The van der Waals surface area contributed by atoms with E-state index in [1.54, 1.807) is 11.9 Å². The molecule has 0 radical (unpaired) electrons. The average molecular weight is 354 g/mol. The van der Waals surface area contributed by atoms with E-state index in [9.17, 15) is 9.59 Å². The molecule has 136 valence electrons. The fourth-order valence-corrected chi connectivity index (χ4v) is 2.90. The van der Waals surface area contributed by atoms with Gasteiger partial charge in [0.25, 0.3) is 5.91 Å². The van der Waals surface area contributed by atoms with Gasteiger partial charge in [0.1, 0.15) is 0 Å². The van der Waals surface area contributed by atoms with Gasteiger partial charge in [0.15, 0.2) is 11.5 Å². The van der Waals surface area contributed by atoms with Crippen molar-refractivity contribution < 1.29 is 19.1 Å². The Labute approximate surface area is 152 Å². The molecule has 0 saturated heterocycles. The zero-order chi connectivity index (χ0) is 18.7. The Bertz CT molecular complexity index is 827. The minimum absolute atomic E-state index is 0.0487. The summed E-state index contributed by atoms with van der Waals surface area (Å²) >= 11 is 0. The second kappa shape index (κ2) is 7.47. The number of hydrogen-bond donors (Lipinski definition) is 1. The Hall–Kier alpha value is -3.02. The number of carbonyl (C=O) groups is 2. The van der Waals surface area contributed by atoms with Gasteiger partial charge in [-0.2, -0.15) is 0 Å². The number of rotatable bonds is 5. The molecule has 0 saturated carbocycles. The van der Waals surface area contributed by atoms with Crippen LogP contribution in [0.5, 0.6) is 11.5 Å². The summed E-state index contributed by atoms with van der Waals surface area (Å²) in [6.45, 7) is 4.47. The van der Waals surface area contributed by atoms with Crippen molar-refractivity contribution in [2.45, 2.75) is 20.4 Å². The molecule has 2 amide bonds. The minimum atomic E-state index is -0.248. The van der Waals surface area contributed by atoms with Crippen LogP contribution in [0.3, 0.4) is 0 Å². The zero-order valence-electron chi connectivity index (χ0n) is 15.2. The van der Waals surface area contributed by atoms with Gasteiger partial charge >= 0.3 is 0 Å². The van der Waals surface area contributed by atoms with Crippen LogP contribution in [0.4, 0.5) is 0 Å². The summed E-state index contributed by atoms with van der Waals surface area (Å²) in [7, 11) is 1.70. The van der Waals surface area contributed by atoms with Crippen molar-refractivity contribution in [3.05, 3.63) is 58.7 Å². The summed E-state index contributed by atoms with van der Waals surface area (Å²) in [5, 5.41) is 2.69. The van der Waals surface area contributed by atoms with Gasteiger partial charge in [-0.15, -0.1) is 0 Å². The molecule has 1 N–H and O–H groups in total. The van der Waals surface area contributed by atoms with Crippen LogP contribution in [0.15, 0.2) is 36.4 Å². The molecule has 3 rings (SSSR count).